The Bertz CT molecular complexity index is 1040. The summed E-state index contributed by atoms with van der Waals surface area (Å²) >= 11 is 5.94. The highest BCUT2D eigenvalue weighted by Gasteiger charge is 2.40. The lowest BCUT2D eigenvalue weighted by atomic mass is 9.95. The maximum Gasteiger partial charge on any atom is 0.264 e. The Morgan fingerprint density at radius 1 is 1.13 bits per heavy atom. The highest BCUT2D eigenvalue weighted by molar-refractivity contribution is 7.92. The molecule has 0 radical (unpaired) electrons. The van der Waals surface area contributed by atoms with Crippen LogP contribution in [0.2, 0.25) is 5.02 Å². The van der Waals surface area contributed by atoms with Gasteiger partial charge in [-0.05, 0) is 74.4 Å². The van der Waals surface area contributed by atoms with Crippen molar-refractivity contribution >= 4 is 33.2 Å². The molecule has 2 aliphatic carbocycles. The van der Waals surface area contributed by atoms with Crippen molar-refractivity contribution in [1.82, 2.24) is 5.32 Å². The number of nitrogens with one attached hydrogen (secondary N) is 1. The van der Waals surface area contributed by atoms with Gasteiger partial charge in [0.1, 0.15) is 12.3 Å². The van der Waals surface area contributed by atoms with Crippen LogP contribution < -0.4 is 14.4 Å². The van der Waals surface area contributed by atoms with E-state index in [1.54, 1.807) is 24.3 Å². The number of amides is 1. The predicted molar refractivity (Wildman–Crippen MR) is 121 cm³/mol. The molecule has 4 rings (SSSR count). The first-order valence-corrected chi connectivity index (χ1v) is 12.5. The average Bonchev–Trinajstić information content (AvgIpc) is 3.36. The number of nitrogens with zero attached hydrogens (tertiary/aromatic N) is 1. The number of hydrogen-bond donors (Lipinski definition) is 1. The molecule has 0 unspecified atom stereocenters. The minimum absolute atomic E-state index is 0.0657. The summed E-state index contributed by atoms with van der Waals surface area (Å²) in [5.41, 5.74) is 0.336. The maximum absolute atomic E-state index is 13.5. The Labute approximate surface area is 188 Å². The van der Waals surface area contributed by atoms with E-state index in [0.717, 1.165) is 23.6 Å². The van der Waals surface area contributed by atoms with Gasteiger partial charge in [-0.2, -0.15) is 0 Å². The Morgan fingerprint density at radius 2 is 1.87 bits per heavy atom. The Balaban J connectivity index is 1.64. The lowest BCUT2D eigenvalue weighted by molar-refractivity contribution is -0.120. The zero-order valence-corrected chi connectivity index (χ0v) is 19.0. The first kappa shape index (κ1) is 22.0. The second kappa shape index (κ2) is 9.09. The summed E-state index contributed by atoms with van der Waals surface area (Å²) in [6.45, 7) is 1.89. The Hall–Kier alpha value is -2.25. The van der Waals surface area contributed by atoms with Crippen LogP contribution in [0.15, 0.2) is 53.4 Å². The summed E-state index contributed by atoms with van der Waals surface area (Å²) in [6, 6.07) is 12.9. The van der Waals surface area contributed by atoms with Gasteiger partial charge < -0.3 is 10.1 Å². The summed E-state index contributed by atoms with van der Waals surface area (Å²) in [5.74, 6) is 1.30. The molecule has 2 fully saturated rings. The third-order valence-corrected chi connectivity index (χ3v) is 8.23. The number of rotatable bonds is 8. The van der Waals surface area contributed by atoms with Crippen molar-refractivity contribution in [3.8, 4) is 5.75 Å². The highest BCUT2D eigenvalue weighted by Crippen LogP contribution is 2.44. The van der Waals surface area contributed by atoms with Crippen LogP contribution in [-0.2, 0) is 14.8 Å². The van der Waals surface area contributed by atoms with Crippen LogP contribution in [0.3, 0.4) is 0 Å². The molecule has 0 saturated heterocycles. The second-order valence-corrected chi connectivity index (χ2v) is 10.5. The summed E-state index contributed by atoms with van der Waals surface area (Å²) < 4.78 is 33.9. The van der Waals surface area contributed by atoms with E-state index in [1.807, 2.05) is 6.92 Å². The summed E-state index contributed by atoms with van der Waals surface area (Å²) in [7, 11) is -4.02. The zero-order valence-electron chi connectivity index (χ0n) is 17.5. The topological polar surface area (TPSA) is 75.7 Å². The van der Waals surface area contributed by atoms with Gasteiger partial charge in [0.15, 0.2) is 0 Å². The van der Waals surface area contributed by atoms with Crippen LogP contribution >= 0.6 is 11.6 Å². The van der Waals surface area contributed by atoms with Crippen LogP contribution in [0.1, 0.15) is 32.6 Å². The van der Waals surface area contributed by atoms with Crippen LogP contribution in [0, 0.1) is 11.8 Å². The normalized spacial score (nSPS) is 22.3. The molecular weight excluding hydrogens is 436 g/mol. The van der Waals surface area contributed by atoms with E-state index in [9.17, 15) is 13.2 Å². The largest absolute Gasteiger partial charge is 0.492 e. The van der Waals surface area contributed by atoms with Gasteiger partial charge in [-0.15, -0.1) is 0 Å². The van der Waals surface area contributed by atoms with Crippen LogP contribution in [0.5, 0.6) is 5.75 Å². The molecule has 3 atom stereocenters. The quantitative estimate of drug-likeness (QED) is 0.636. The lowest BCUT2D eigenvalue weighted by Gasteiger charge is -2.28. The fourth-order valence-corrected chi connectivity index (χ4v) is 6.34. The molecule has 0 aliphatic heterocycles. The summed E-state index contributed by atoms with van der Waals surface area (Å²) in [4.78, 5) is 13.0. The molecule has 166 valence electrons. The van der Waals surface area contributed by atoms with E-state index in [0.29, 0.717) is 34.9 Å². The summed E-state index contributed by atoms with van der Waals surface area (Å²) in [6.07, 6.45) is 4.51. The molecule has 8 heteroatoms. The second-order valence-electron chi connectivity index (χ2n) is 8.22. The van der Waals surface area contributed by atoms with E-state index in [2.05, 4.69) is 5.32 Å². The SMILES string of the molecule is CCOc1ccccc1N(CC(=O)N[C@@H]1C[C@H]2CC[C@H]1C2)S(=O)(=O)c1ccc(Cl)cc1. The molecule has 1 amide bonds. The highest BCUT2D eigenvalue weighted by atomic mass is 35.5. The molecule has 2 aliphatic rings. The smallest absolute Gasteiger partial charge is 0.264 e. The monoisotopic (exact) mass is 462 g/mol. The van der Waals surface area contributed by atoms with E-state index in [1.165, 1.54) is 30.7 Å². The molecule has 31 heavy (non-hydrogen) atoms. The molecular formula is C23H27ClN2O4S. The minimum Gasteiger partial charge on any atom is -0.492 e. The Kier molecular flexibility index (Phi) is 6.44. The van der Waals surface area contributed by atoms with Crippen molar-refractivity contribution in [2.45, 2.75) is 43.5 Å². The van der Waals surface area contributed by atoms with Crippen LogP contribution in [0.25, 0.3) is 0 Å². The first-order chi connectivity index (χ1) is 14.9. The third kappa shape index (κ3) is 4.67. The molecule has 0 spiro atoms. The molecule has 0 aromatic heterocycles. The molecule has 2 bridgehead atoms. The Morgan fingerprint density at radius 3 is 2.52 bits per heavy atom. The number of carbonyl (C=O) groups excluding carboxylic acids is 1. The number of carbonyl (C=O) groups is 1. The lowest BCUT2D eigenvalue weighted by Crippen LogP contribution is -2.46. The maximum atomic E-state index is 13.5. The van der Waals surface area contributed by atoms with Gasteiger partial charge in [0.2, 0.25) is 5.91 Å². The number of ether oxygens (including phenoxy) is 1. The van der Waals surface area contributed by atoms with Gasteiger partial charge in [0.05, 0.1) is 17.2 Å². The number of benzene rings is 2. The van der Waals surface area contributed by atoms with E-state index in [4.69, 9.17) is 16.3 Å². The van der Waals surface area contributed by atoms with Crippen molar-refractivity contribution in [2.75, 3.05) is 17.5 Å². The van der Waals surface area contributed by atoms with Crippen molar-refractivity contribution in [3.63, 3.8) is 0 Å². The fourth-order valence-electron chi connectivity index (χ4n) is 4.78. The zero-order chi connectivity index (χ0) is 22.0. The van der Waals surface area contributed by atoms with Crippen molar-refractivity contribution in [1.29, 1.82) is 0 Å². The molecule has 2 aromatic carbocycles. The number of hydrogen-bond acceptors (Lipinski definition) is 4. The predicted octanol–water partition coefficient (Wildman–Crippen LogP) is 4.24. The molecule has 2 aromatic rings. The van der Waals surface area contributed by atoms with Crippen LogP contribution in [0.4, 0.5) is 5.69 Å². The van der Waals surface area contributed by atoms with Gasteiger partial charge >= 0.3 is 0 Å². The van der Waals surface area contributed by atoms with Crippen molar-refractivity contribution in [2.24, 2.45) is 11.8 Å². The van der Waals surface area contributed by atoms with Gasteiger partial charge in [-0.3, -0.25) is 9.10 Å². The molecule has 0 heterocycles. The third-order valence-electron chi connectivity index (χ3n) is 6.21. The first-order valence-electron chi connectivity index (χ1n) is 10.7. The van der Waals surface area contributed by atoms with E-state index >= 15 is 0 Å². The van der Waals surface area contributed by atoms with Gasteiger partial charge in [0, 0.05) is 11.1 Å². The molecule has 1 N–H and O–H groups in total. The molecule has 2 saturated carbocycles. The molecule has 6 nitrogen and oxygen atoms in total. The number of anilines is 1. The standard InChI is InChI=1S/C23H27ClN2O4S/c1-2-30-22-6-4-3-5-21(22)26(31(28,29)19-11-9-18(24)10-12-19)15-23(27)25-20-14-16-7-8-17(20)13-16/h3-6,9-12,16-17,20H,2,7-8,13-15H2,1H3,(H,25,27)/t16-,17-,20+/m0/s1. The minimum atomic E-state index is -4.02. The number of sulfonamides is 1. The van der Waals surface area contributed by atoms with Crippen LogP contribution in [-0.4, -0.2) is 33.5 Å². The average molecular weight is 463 g/mol. The fraction of sp³-hybridized carbons (Fsp3) is 0.435. The van der Waals surface area contributed by atoms with E-state index < -0.39 is 10.0 Å². The van der Waals surface area contributed by atoms with Gasteiger partial charge in [0.25, 0.3) is 10.0 Å². The van der Waals surface area contributed by atoms with Crippen molar-refractivity contribution in [3.05, 3.63) is 53.6 Å². The number of halogens is 1. The van der Waals surface area contributed by atoms with E-state index in [-0.39, 0.29) is 23.4 Å². The van der Waals surface area contributed by atoms with Crippen molar-refractivity contribution < 1.29 is 17.9 Å². The van der Waals surface area contributed by atoms with Gasteiger partial charge in [-0.25, -0.2) is 8.42 Å². The number of fused-ring (bicyclic) bond motifs is 2. The van der Waals surface area contributed by atoms with Gasteiger partial charge in [-0.1, -0.05) is 30.2 Å². The summed E-state index contributed by atoms with van der Waals surface area (Å²) in [5, 5.41) is 3.53. The number of para-hydroxylation sites is 2.